The lowest BCUT2D eigenvalue weighted by Gasteiger charge is -2.28. The third-order valence-corrected chi connectivity index (χ3v) is 9.64. The molecule has 0 amide bonds. The summed E-state index contributed by atoms with van der Waals surface area (Å²) in [6.45, 7) is 0. The summed E-state index contributed by atoms with van der Waals surface area (Å²) in [5, 5.41) is 7.58. The highest BCUT2D eigenvalue weighted by Gasteiger charge is 2.19. The van der Waals surface area contributed by atoms with Crippen LogP contribution in [0, 0.1) is 0 Å². The largest absolute Gasteiger partial charge is 0.310 e. The minimum atomic E-state index is 1.11. The molecule has 0 aliphatic rings. The number of anilines is 3. The summed E-state index contributed by atoms with van der Waals surface area (Å²) in [5.74, 6) is 0. The van der Waals surface area contributed by atoms with Gasteiger partial charge < -0.3 is 4.90 Å². The molecule has 49 heavy (non-hydrogen) atoms. The maximum absolute atomic E-state index is 2.38. The standard InChI is InChI=1S/C48H33N/c1-2-17-39(18-3-1)49(40-30-28-35(29-31-40)47-33-37-16-6-7-19-41(37)43-21-10-11-23-45(43)47)48-25-13-12-24-46(48)44-22-9-8-20-42(44)38-27-26-34-14-4-5-15-36(34)32-38/h1-33H. The second kappa shape index (κ2) is 12.3. The topological polar surface area (TPSA) is 3.24 Å². The van der Waals surface area contributed by atoms with Gasteiger partial charge >= 0.3 is 0 Å². The van der Waals surface area contributed by atoms with Crippen molar-refractivity contribution < 1.29 is 0 Å². The number of hydrogen-bond donors (Lipinski definition) is 0. The van der Waals surface area contributed by atoms with Gasteiger partial charge in [0.2, 0.25) is 0 Å². The lowest BCUT2D eigenvalue weighted by molar-refractivity contribution is 1.28. The molecule has 0 aliphatic carbocycles. The highest BCUT2D eigenvalue weighted by molar-refractivity contribution is 6.13. The maximum Gasteiger partial charge on any atom is 0.0540 e. The summed E-state index contributed by atoms with van der Waals surface area (Å²) in [4.78, 5) is 2.38. The van der Waals surface area contributed by atoms with Gasteiger partial charge in [0.1, 0.15) is 0 Å². The Labute approximate surface area is 287 Å². The molecule has 0 heterocycles. The summed E-state index contributed by atoms with van der Waals surface area (Å²) < 4.78 is 0. The lowest BCUT2D eigenvalue weighted by Crippen LogP contribution is -2.11. The smallest absolute Gasteiger partial charge is 0.0540 e. The van der Waals surface area contributed by atoms with E-state index in [0.29, 0.717) is 0 Å². The molecule has 0 spiro atoms. The van der Waals surface area contributed by atoms with E-state index in [1.54, 1.807) is 0 Å². The van der Waals surface area contributed by atoms with Crippen LogP contribution in [0.5, 0.6) is 0 Å². The van der Waals surface area contributed by atoms with E-state index in [1.807, 2.05) is 0 Å². The first-order chi connectivity index (χ1) is 24.3. The molecule has 0 atom stereocenters. The number of nitrogens with zero attached hydrogens (tertiary/aromatic N) is 1. The Morgan fingerprint density at radius 1 is 0.265 bits per heavy atom. The average Bonchev–Trinajstić information content (AvgIpc) is 3.18. The first-order valence-electron chi connectivity index (χ1n) is 16.9. The van der Waals surface area contributed by atoms with E-state index in [4.69, 9.17) is 0 Å². The lowest BCUT2D eigenvalue weighted by atomic mass is 9.91. The molecule has 0 bridgehead atoms. The summed E-state index contributed by atoms with van der Waals surface area (Å²) in [6.07, 6.45) is 0. The summed E-state index contributed by atoms with van der Waals surface area (Å²) >= 11 is 0. The number of rotatable bonds is 6. The Balaban J connectivity index is 1.19. The molecule has 1 heteroatoms. The van der Waals surface area contributed by atoms with E-state index in [0.717, 1.165) is 17.1 Å². The fourth-order valence-corrected chi connectivity index (χ4v) is 7.31. The second-order valence-corrected chi connectivity index (χ2v) is 12.5. The summed E-state index contributed by atoms with van der Waals surface area (Å²) in [5.41, 5.74) is 10.6. The van der Waals surface area contributed by atoms with Gasteiger partial charge in [-0.25, -0.2) is 0 Å². The van der Waals surface area contributed by atoms with Crippen LogP contribution in [0.15, 0.2) is 200 Å². The molecule has 9 aromatic carbocycles. The van der Waals surface area contributed by atoms with Gasteiger partial charge in [-0.15, -0.1) is 0 Å². The Kier molecular flexibility index (Phi) is 7.22. The quantitative estimate of drug-likeness (QED) is 0.167. The molecule has 0 saturated heterocycles. The minimum absolute atomic E-state index is 1.11. The molecule has 0 fully saturated rings. The zero-order chi connectivity index (χ0) is 32.6. The minimum Gasteiger partial charge on any atom is -0.310 e. The highest BCUT2D eigenvalue weighted by atomic mass is 15.1. The molecule has 0 radical (unpaired) electrons. The summed E-state index contributed by atoms with van der Waals surface area (Å²) in [6, 6.07) is 72.4. The number of benzene rings is 9. The number of fused-ring (bicyclic) bond motifs is 4. The van der Waals surface area contributed by atoms with Crippen LogP contribution >= 0.6 is 0 Å². The highest BCUT2D eigenvalue weighted by Crippen LogP contribution is 2.44. The van der Waals surface area contributed by atoms with Crippen LogP contribution in [0.25, 0.3) is 65.7 Å². The van der Waals surface area contributed by atoms with Crippen LogP contribution in [-0.2, 0) is 0 Å². The second-order valence-electron chi connectivity index (χ2n) is 12.5. The zero-order valence-corrected chi connectivity index (χ0v) is 27.0. The third-order valence-electron chi connectivity index (χ3n) is 9.64. The van der Waals surface area contributed by atoms with Gasteiger partial charge in [0.05, 0.1) is 5.69 Å². The van der Waals surface area contributed by atoms with E-state index < -0.39 is 0 Å². The van der Waals surface area contributed by atoms with Crippen molar-refractivity contribution in [2.45, 2.75) is 0 Å². The SMILES string of the molecule is c1ccc(N(c2ccc(-c3cc4ccccc4c4ccccc34)cc2)c2ccccc2-c2ccccc2-c2ccc3ccccc3c2)cc1. The van der Waals surface area contributed by atoms with Crippen molar-refractivity contribution in [3.63, 3.8) is 0 Å². The van der Waals surface area contributed by atoms with E-state index in [9.17, 15) is 0 Å². The Morgan fingerprint density at radius 2 is 0.816 bits per heavy atom. The van der Waals surface area contributed by atoms with Gasteiger partial charge in [0.25, 0.3) is 0 Å². The Hall–Kier alpha value is -6.44. The predicted octanol–water partition coefficient (Wildman–Crippen LogP) is 13.6. The van der Waals surface area contributed by atoms with E-state index in [1.165, 1.54) is 65.7 Å². The van der Waals surface area contributed by atoms with Crippen molar-refractivity contribution in [1.82, 2.24) is 0 Å². The van der Waals surface area contributed by atoms with Crippen molar-refractivity contribution in [1.29, 1.82) is 0 Å². The van der Waals surface area contributed by atoms with Crippen LogP contribution < -0.4 is 4.90 Å². The molecule has 0 unspecified atom stereocenters. The van der Waals surface area contributed by atoms with Crippen LogP contribution in [-0.4, -0.2) is 0 Å². The van der Waals surface area contributed by atoms with E-state index in [-0.39, 0.29) is 0 Å². The van der Waals surface area contributed by atoms with Crippen LogP contribution in [0.4, 0.5) is 17.1 Å². The summed E-state index contributed by atoms with van der Waals surface area (Å²) in [7, 11) is 0. The monoisotopic (exact) mass is 623 g/mol. The van der Waals surface area contributed by atoms with E-state index >= 15 is 0 Å². The van der Waals surface area contributed by atoms with E-state index in [2.05, 4.69) is 205 Å². The van der Waals surface area contributed by atoms with Crippen molar-refractivity contribution >= 4 is 49.4 Å². The van der Waals surface area contributed by atoms with Crippen LogP contribution in [0.2, 0.25) is 0 Å². The Bertz CT molecular complexity index is 2600. The normalized spacial score (nSPS) is 11.3. The van der Waals surface area contributed by atoms with Crippen LogP contribution in [0.1, 0.15) is 0 Å². The van der Waals surface area contributed by atoms with Gasteiger partial charge in [0.15, 0.2) is 0 Å². The maximum atomic E-state index is 2.38. The number of para-hydroxylation sites is 2. The van der Waals surface area contributed by atoms with Gasteiger partial charge in [-0.3, -0.25) is 0 Å². The molecular formula is C48H33N. The molecule has 230 valence electrons. The molecule has 0 N–H and O–H groups in total. The molecule has 0 saturated carbocycles. The van der Waals surface area contributed by atoms with Gasteiger partial charge in [0, 0.05) is 16.9 Å². The van der Waals surface area contributed by atoms with Crippen molar-refractivity contribution in [3.05, 3.63) is 200 Å². The first-order valence-corrected chi connectivity index (χ1v) is 16.9. The average molecular weight is 624 g/mol. The predicted molar refractivity (Wildman–Crippen MR) is 210 cm³/mol. The molecule has 9 aromatic rings. The van der Waals surface area contributed by atoms with Gasteiger partial charge in [-0.2, -0.15) is 0 Å². The van der Waals surface area contributed by atoms with Gasteiger partial charge in [-0.1, -0.05) is 158 Å². The first kappa shape index (κ1) is 28.8. The molecule has 0 aliphatic heterocycles. The molecule has 1 nitrogen and oxygen atoms in total. The Morgan fingerprint density at radius 3 is 1.61 bits per heavy atom. The molecule has 0 aromatic heterocycles. The number of hydrogen-bond acceptors (Lipinski definition) is 1. The molecule has 9 rings (SSSR count). The van der Waals surface area contributed by atoms with Gasteiger partial charge in [-0.05, 0) is 103 Å². The fourth-order valence-electron chi connectivity index (χ4n) is 7.31. The van der Waals surface area contributed by atoms with Crippen molar-refractivity contribution in [3.8, 4) is 33.4 Å². The van der Waals surface area contributed by atoms with Crippen LogP contribution in [0.3, 0.4) is 0 Å². The van der Waals surface area contributed by atoms with Crippen molar-refractivity contribution in [2.24, 2.45) is 0 Å². The third kappa shape index (κ3) is 5.23. The molecular weight excluding hydrogens is 591 g/mol. The van der Waals surface area contributed by atoms with Crippen molar-refractivity contribution in [2.75, 3.05) is 4.90 Å². The zero-order valence-electron chi connectivity index (χ0n) is 27.0. The fraction of sp³-hybridized carbons (Fsp3) is 0.